The molecule has 0 bridgehead atoms. The molecule has 0 atom stereocenters. The number of likely N-dealkylation sites (tertiary alicyclic amines) is 1. The van der Waals surface area contributed by atoms with Crippen molar-refractivity contribution in [2.75, 3.05) is 19.8 Å². The SMILES string of the molecule is C1CCOC1.C=CN1CCCC1=O. The summed E-state index contributed by atoms with van der Waals surface area (Å²) in [5.74, 6) is 0.208. The molecule has 0 saturated carbocycles. The maximum atomic E-state index is 10.7. The van der Waals surface area contributed by atoms with Crippen LogP contribution in [0.25, 0.3) is 0 Å². The predicted molar refractivity (Wildman–Crippen MR) is 51.2 cm³/mol. The molecule has 0 spiro atoms. The van der Waals surface area contributed by atoms with Gasteiger partial charge in [-0.2, -0.15) is 0 Å². The summed E-state index contributed by atoms with van der Waals surface area (Å²) in [6, 6.07) is 0. The summed E-state index contributed by atoms with van der Waals surface area (Å²) >= 11 is 0. The van der Waals surface area contributed by atoms with Gasteiger partial charge in [0.25, 0.3) is 0 Å². The lowest BCUT2D eigenvalue weighted by molar-refractivity contribution is -0.125. The fourth-order valence-corrected chi connectivity index (χ4v) is 1.37. The van der Waals surface area contributed by atoms with Gasteiger partial charge in [-0.3, -0.25) is 4.79 Å². The molecule has 2 aliphatic heterocycles. The van der Waals surface area contributed by atoms with Gasteiger partial charge in [0.2, 0.25) is 5.91 Å². The number of hydrogen-bond donors (Lipinski definition) is 0. The maximum absolute atomic E-state index is 10.7. The van der Waals surface area contributed by atoms with E-state index < -0.39 is 0 Å². The van der Waals surface area contributed by atoms with Crippen LogP contribution in [-0.2, 0) is 9.53 Å². The standard InChI is InChI=1S/C6H9NO.C4H8O/c1-2-7-5-3-4-6(7)8;1-2-4-5-3-1/h2H,1,3-5H2;1-4H2. The van der Waals surface area contributed by atoms with Crippen LogP contribution in [0.5, 0.6) is 0 Å². The van der Waals surface area contributed by atoms with Gasteiger partial charge in [-0.15, -0.1) is 0 Å². The molecule has 0 radical (unpaired) electrons. The van der Waals surface area contributed by atoms with Crippen LogP contribution in [0, 0.1) is 0 Å². The third-order valence-corrected chi connectivity index (χ3v) is 2.16. The first kappa shape index (κ1) is 10.3. The highest BCUT2D eigenvalue weighted by molar-refractivity contribution is 5.78. The first-order chi connectivity index (χ1) is 6.34. The number of carbonyl (C=O) groups excluding carboxylic acids is 1. The Labute approximate surface area is 79.4 Å². The molecule has 2 fully saturated rings. The molecule has 0 unspecified atom stereocenters. The third-order valence-electron chi connectivity index (χ3n) is 2.16. The lowest BCUT2D eigenvalue weighted by Gasteiger charge is -2.05. The summed E-state index contributed by atoms with van der Waals surface area (Å²) < 4.78 is 4.94. The summed E-state index contributed by atoms with van der Waals surface area (Å²) in [7, 11) is 0. The lowest BCUT2D eigenvalue weighted by atomic mass is 10.4. The maximum Gasteiger partial charge on any atom is 0.226 e. The molecule has 0 aliphatic carbocycles. The Hall–Kier alpha value is -0.830. The van der Waals surface area contributed by atoms with Crippen molar-refractivity contribution in [3.63, 3.8) is 0 Å². The molecule has 0 aromatic carbocycles. The topological polar surface area (TPSA) is 29.5 Å². The van der Waals surface area contributed by atoms with Crippen molar-refractivity contribution >= 4 is 5.91 Å². The smallest absolute Gasteiger partial charge is 0.226 e. The minimum Gasteiger partial charge on any atom is -0.381 e. The van der Waals surface area contributed by atoms with Gasteiger partial charge >= 0.3 is 0 Å². The molecule has 0 aromatic rings. The Balaban J connectivity index is 0.000000145. The van der Waals surface area contributed by atoms with Crippen LogP contribution in [0.15, 0.2) is 12.8 Å². The first-order valence-corrected chi connectivity index (χ1v) is 4.84. The van der Waals surface area contributed by atoms with Gasteiger partial charge in [-0.1, -0.05) is 6.58 Å². The van der Waals surface area contributed by atoms with Gasteiger partial charge in [0.15, 0.2) is 0 Å². The van der Waals surface area contributed by atoms with E-state index in [4.69, 9.17) is 4.74 Å². The summed E-state index contributed by atoms with van der Waals surface area (Å²) in [5, 5.41) is 0. The van der Waals surface area contributed by atoms with Crippen LogP contribution < -0.4 is 0 Å². The van der Waals surface area contributed by atoms with E-state index >= 15 is 0 Å². The highest BCUT2D eigenvalue weighted by Crippen LogP contribution is 2.08. The van der Waals surface area contributed by atoms with Crippen molar-refractivity contribution in [3.8, 4) is 0 Å². The minimum absolute atomic E-state index is 0.208. The second-order valence-corrected chi connectivity index (χ2v) is 3.19. The van der Waals surface area contributed by atoms with Crippen molar-refractivity contribution in [2.24, 2.45) is 0 Å². The lowest BCUT2D eigenvalue weighted by Crippen LogP contribution is -2.16. The average Bonchev–Trinajstić information content (AvgIpc) is 2.76. The second-order valence-electron chi connectivity index (χ2n) is 3.19. The number of ether oxygens (including phenoxy) is 1. The molecular weight excluding hydrogens is 166 g/mol. The van der Waals surface area contributed by atoms with E-state index in [1.165, 1.54) is 12.8 Å². The molecule has 0 N–H and O–H groups in total. The predicted octanol–water partition coefficient (Wildman–Crippen LogP) is 1.55. The van der Waals surface area contributed by atoms with E-state index in [9.17, 15) is 4.79 Å². The quantitative estimate of drug-likeness (QED) is 0.617. The van der Waals surface area contributed by atoms with Crippen LogP contribution in [0.4, 0.5) is 0 Å². The summed E-state index contributed by atoms with van der Waals surface area (Å²) in [5.41, 5.74) is 0. The van der Waals surface area contributed by atoms with Crippen LogP contribution in [-0.4, -0.2) is 30.6 Å². The fourth-order valence-electron chi connectivity index (χ4n) is 1.37. The van der Waals surface area contributed by atoms with Gasteiger partial charge in [0, 0.05) is 26.2 Å². The minimum atomic E-state index is 0.208. The summed E-state index contributed by atoms with van der Waals surface area (Å²) in [6.07, 6.45) is 5.84. The van der Waals surface area contributed by atoms with Crippen molar-refractivity contribution < 1.29 is 9.53 Å². The van der Waals surface area contributed by atoms with E-state index in [1.807, 2.05) is 0 Å². The molecule has 74 valence electrons. The monoisotopic (exact) mass is 183 g/mol. The van der Waals surface area contributed by atoms with Crippen molar-refractivity contribution in [3.05, 3.63) is 12.8 Å². The van der Waals surface area contributed by atoms with Gasteiger partial charge in [-0.25, -0.2) is 0 Å². The average molecular weight is 183 g/mol. The zero-order valence-corrected chi connectivity index (χ0v) is 8.00. The Morgan fingerprint density at radius 3 is 2.23 bits per heavy atom. The molecule has 0 aromatic heterocycles. The van der Waals surface area contributed by atoms with Gasteiger partial charge in [0.1, 0.15) is 0 Å². The Morgan fingerprint density at radius 1 is 1.31 bits per heavy atom. The van der Waals surface area contributed by atoms with Crippen LogP contribution in [0.2, 0.25) is 0 Å². The zero-order chi connectivity index (χ0) is 9.52. The van der Waals surface area contributed by atoms with Crippen molar-refractivity contribution in [1.29, 1.82) is 0 Å². The fraction of sp³-hybridized carbons (Fsp3) is 0.700. The first-order valence-electron chi connectivity index (χ1n) is 4.84. The molecule has 1 amide bonds. The van der Waals surface area contributed by atoms with Gasteiger partial charge in [-0.05, 0) is 25.5 Å². The molecule has 2 aliphatic rings. The molecule has 3 nitrogen and oxygen atoms in total. The second kappa shape index (κ2) is 5.75. The molecule has 2 heterocycles. The molecular formula is C10H17NO2. The summed E-state index contributed by atoms with van der Waals surface area (Å²) in [6.45, 7) is 6.36. The number of rotatable bonds is 1. The number of carbonyl (C=O) groups is 1. The van der Waals surface area contributed by atoms with E-state index in [1.54, 1.807) is 11.1 Å². The van der Waals surface area contributed by atoms with Gasteiger partial charge in [0.05, 0.1) is 0 Å². The van der Waals surface area contributed by atoms with Crippen LogP contribution in [0.3, 0.4) is 0 Å². The third kappa shape index (κ3) is 3.59. The van der Waals surface area contributed by atoms with E-state index in [2.05, 4.69) is 6.58 Å². The largest absolute Gasteiger partial charge is 0.381 e. The summed E-state index contributed by atoms with van der Waals surface area (Å²) in [4.78, 5) is 12.3. The number of amides is 1. The van der Waals surface area contributed by atoms with Crippen LogP contribution in [0.1, 0.15) is 25.7 Å². The van der Waals surface area contributed by atoms with E-state index in [-0.39, 0.29) is 5.91 Å². The molecule has 13 heavy (non-hydrogen) atoms. The highest BCUT2D eigenvalue weighted by atomic mass is 16.5. The van der Waals surface area contributed by atoms with Gasteiger partial charge < -0.3 is 9.64 Å². The van der Waals surface area contributed by atoms with E-state index in [0.29, 0.717) is 6.42 Å². The Kier molecular flexibility index (Phi) is 4.54. The number of hydrogen-bond acceptors (Lipinski definition) is 2. The molecule has 3 heteroatoms. The van der Waals surface area contributed by atoms with E-state index in [0.717, 1.165) is 26.2 Å². The normalized spacial score (nSPS) is 21.2. The molecule has 2 saturated heterocycles. The molecule has 2 rings (SSSR count). The zero-order valence-electron chi connectivity index (χ0n) is 8.00. The van der Waals surface area contributed by atoms with Crippen molar-refractivity contribution in [2.45, 2.75) is 25.7 Å². The Bertz CT molecular complexity index is 168. The Morgan fingerprint density at radius 2 is 2.00 bits per heavy atom. The highest BCUT2D eigenvalue weighted by Gasteiger charge is 2.15. The number of nitrogens with zero attached hydrogens (tertiary/aromatic N) is 1. The van der Waals surface area contributed by atoms with Crippen molar-refractivity contribution in [1.82, 2.24) is 4.90 Å². The van der Waals surface area contributed by atoms with Crippen LogP contribution >= 0.6 is 0 Å².